The topological polar surface area (TPSA) is 150 Å². The van der Waals surface area contributed by atoms with E-state index < -0.39 is 34.6 Å². The lowest BCUT2D eigenvalue weighted by Gasteiger charge is -2.37. The van der Waals surface area contributed by atoms with E-state index in [-0.39, 0.29) is 63.2 Å². The summed E-state index contributed by atoms with van der Waals surface area (Å²) < 4.78 is 51.5. The molecule has 3 aromatic carbocycles. The van der Waals surface area contributed by atoms with Crippen LogP contribution in [0.25, 0.3) is 16.6 Å². The zero-order valence-electron chi connectivity index (χ0n) is 26.1. The monoisotopic (exact) mass is 685 g/mol. The third-order valence-electron chi connectivity index (χ3n) is 7.71. The number of carbonyl (C=O) groups is 1. The van der Waals surface area contributed by atoms with Gasteiger partial charge in [-0.05, 0) is 66.3 Å². The summed E-state index contributed by atoms with van der Waals surface area (Å²) in [5.41, 5.74) is 7.81. The number of amidine groups is 1. The molecule has 1 aliphatic rings. The van der Waals surface area contributed by atoms with Crippen LogP contribution in [-0.2, 0) is 27.3 Å². The Morgan fingerprint density at radius 1 is 1.19 bits per heavy atom. The number of morpholine rings is 1. The average molecular weight is 686 g/mol. The van der Waals surface area contributed by atoms with E-state index in [4.69, 9.17) is 27.1 Å². The van der Waals surface area contributed by atoms with Crippen LogP contribution in [0.1, 0.15) is 36.8 Å². The van der Waals surface area contributed by atoms with Gasteiger partial charge in [0.1, 0.15) is 23.7 Å². The Kier molecular flexibility index (Phi) is 10.3. The van der Waals surface area contributed by atoms with Crippen molar-refractivity contribution in [3.63, 3.8) is 0 Å². The van der Waals surface area contributed by atoms with Crippen molar-refractivity contribution >= 4 is 57.5 Å². The fourth-order valence-corrected chi connectivity index (χ4v) is 6.58. The van der Waals surface area contributed by atoms with Crippen LogP contribution in [0.5, 0.6) is 0 Å². The number of halogens is 3. The minimum absolute atomic E-state index is 0.0148. The van der Waals surface area contributed by atoms with Gasteiger partial charge in [-0.25, -0.2) is 13.8 Å². The molecule has 11 nitrogen and oxygen atoms in total. The van der Waals surface area contributed by atoms with E-state index in [2.05, 4.69) is 19.9 Å². The highest BCUT2D eigenvalue weighted by molar-refractivity contribution is 7.89. The van der Waals surface area contributed by atoms with E-state index in [0.717, 1.165) is 23.9 Å². The molecular weight excluding hydrogens is 652 g/mol. The largest absolute Gasteiger partial charge is 0.591 e. The zero-order valence-corrected chi connectivity index (χ0v) is 27.7. The number of aromatic nitrogens is 2. The highest BCUT2D eigenvalue weighted by atomic mass is 35.5. The van der Waals surface area contributed by atoms with Gasteiger partial charge in [-0.2, -0.15) is 0 Å². The Morgan fingerprint density at radius 3 is 2.49 bits per heavy atom. The van der Waals surface area contributed by atoms with Crippen LogP contribution in [-0.4, -0.2) is 65.0 Å². The number of nitrogens with zero attached hydrogens (tertiary/aromatic N) is 4. The SMILES string of the molecule is CNc1c(-n2c(C(Cc3cc(F)cc(F)c3)NC=O)nc3cc(N4CC(C)OC(C)C4)ccc3c2=O)ccc(Cl)c1C(N)=N[S+](C)[O-]. The molecule has 1 amide bonds. The summed E-state index contributed by atoms with van der Waals surface area (Å²) >= 11 is 4.87. The average Bonchev–Trinajstić information content (AvgIpc) is 2.99. The molecule has 4 atom stereocenters. The number of amides is 1. The fourth-order valence-electron chi connectivity index (χ4n) is 5.95. The van der Waals surface area contributed by atoms with Crippen LogP contribution >= 0.6 is 11.6 Å². The smallest absolute Gasteiger partial charge is 0.266 e. The van der Waals surface area contributed by atoms with Crippen molar-refractivity contribution in [1.82, 2.24) is 14.9 Å². The molecule has 0 spiro atoms. The van der Waals surface area contributed by atoms with Crippen molar-refractivity contribution in [2.24, 2.45) is 10.1 Å². The third kappa shape index (κ3) is 7.35. The van der Waals surface area contributed by atoms with Gasteiger partial charge in [0.15, 0.2) is 5.84 Å². The molecule has 2 heterocycles. The van der Waals surface area contributed by atoms with Gasteiger partial charge in [-0.1, -0.05) is 11.6 Å². The Morgan fingerprint density at radius 2 is 1.87 bits per heavy atom. The summed E-state index contributed by atoms with van der Waals surface area (Å²) in [6.07, 6.45) is 1.63. The van der Waals surface area contributed by atoms with E-state index in [0.29, 0.717) is 25.0 Å². The molecule has 0 bridgehead atoms. The predicted molar refractivity (Wildman–Crippen MR) is 181 cm³/mol. The number of ether oxygens (including phenoxy) is 1. The lowest BCUT2D eigenvalue weighted by molar-refractivity contribution is -0.110. The molecule has 0 aliphatic carbocycles. The van der Waals surface area contributed by atoms with Gasteiger partial charge in [-0.3, -0.25) is 14.2 Å². The Bertz CT molecular complexity index is 1880. The molecule has 1 fully saturated rings. The van der Waals surface area contributed by atoms with Crippen LogP contribution in [0.4, 0.5) is 20.2 Å². The second-order valence-electron chi connectivity index (χ2n) is 11.3. The molecular formula is C32H34ClF2N7O4S. The maximum Gasteiger partial charge on any atom is 0.266 e. The van der Waals surface area contributed by atoms with E-state index >= 15 is 0 Å². The summed E-state index contributed by atoms with van der Waals surface area (Å²) in [7, 11) is 1.58. The van der Waals surface area contributed by atoms with Gasteiger partial charge in [-0.15, -0.1) is 0 Å². The molecule has 248 valence electrons. The van der Waals surface area contributed by atoms with Crippen LogP contribution in [0.15, 0.2) is 57.7 Å². The number of rotatable bonds is 10. The molecule has 4 unspecified atom stereocenters. The number of fused-ring (bicyclic) bond motifs is 1. The van der Waals surface area contributed by atoms with Crippen LogP contribution in [0, 0.1) is 11.6 Å². The predicted octanol–water partition coefficient (Wildman–Crippen LogP) is 4.00. The molecule has 15 heteroatoms. The third-order valence-corrected chi connectivity index (χ3v) is 8.48. The van der Waals surface area contributed by atoms with E-state index in [1.807, 2.05) is 19.9 Å². The summed E-state index contributed by atoms with van der Waals surface area (Å²) in [6, 6.07) is 10.4. The van der Waals surface area contributed by atoms with Gasteiger partial charge >= 0.3 is 0 Å². The van der Waals surface area contributed by atoms with Crippen LogP contribution in [0.2, 0.25) is 5.02 Å². The Labute approximate surface area is 278 Å². The lowest BCUT2D eigenvalue weighted by atomic mass is 10.0. The van der Waals surface area contributed by atoms with Crippen molar-refractivity contribution in [3.8, 4) is 5.69 Å². The number of hydrogen-bond donors (Lipinski definition) is 3. The number of benzene rings is 3. The summed E-state index contributed by atoms with van der Waals surface area (Å²) in [4.78, 5) is 33.5. The normalized spacial score (nSPS) is 18.2. The van der Waals surface area contributed by atoms with Gasteiger partial charge in [0.2, 0.25) is 6.41 Å². The number of nitrogens with two attached hydrogens (primary N) is 1. The van der Waals surface area contributed by atoms with Gasteiger partial charge in [0, 0.05) is 38.3 Å². The first-order chi connectivity index (χ1) is 22.4. The van der Waals surface area contributed by atoms with E-state index in [1.165, 1.54) is 16.9 Å². The van der Waals surface area contributed by atoms with Crippen LogP contribution in [0.3, 0.4) is 0 Å². The standard InChI is InChI=1S/C32H34ClF2N7O4S/c1-17-14-41(15-18(2)46-17)22-5-6-23-25(13-22)39-31(26(38-16-43)11-19-9-20(34)12-21(35)10-19)42(32(23)44)27-8-7-24(33)28(29(27)37-3)30(36)40-47(4)45/h5-10,12-13,16-18,26,37H,11,14-15H2,1-4H3,(H2,36,40)(H,38,43). The molecule has 1 aliphatic heterocycles. The molecule has 0 saturated carbocycles. The lowest BCUT2D eigenvalue weighted by Crippen LogP contribution is -2.45. The summed E-state index contributed by atoms with van der Waals surface area (Å²) in [5.74, 6) is -1.66. The highest BCUT2D eigenvalue weighted by Crippen LogP contribution is 2.33. The van der Waals surface area contributed by atoms with Gasteiger partial charge in [0.05, 0.1) is 62.5 Å². The molecule has 1 aromatic heterocycles. The van der Waals surface area contributed by atoms with E-state index in [9.17, 15) is 22.9 Å². The quantitative estimate of drug-likeness (QED) is 0.0982. The minimum Gasteiger partial charge on any atom is -0.591 e. The summed E-state index contributed by atoms with van der Waals surface area (Å²) in [5, 5.41) is 6.14. The first-order valence-corrected chi connectivity index (χ1v) is 16.6. The molecule has 1 saturated heterocycles. The second-order valence-corrected chi connectivity index (χ2v) is 12.7. The maximum absolute atomic E-state index is 14.5. The fraction of sp³-hybridized carbons (Fsp3) is 0.312. The van der Waals surface area contributed by atoms with Gasteiger partial charge in [0.25, 0.3) is 5.56 Å². The Balaban J connectivity index is 1.79. The van der Waals surface area contributed by atoms with Crippen LogP contribution < -0.4 is 26.8 Å². The maximum atomic E-state index is 14.5. The van der Waals surface area contributed by atoms with Crippen molar-refractivity contribution in [3.05, 3.63) is 92.5 Å². The highest BCUT2D eigenvalue weighted by Gasteiger charge is 2.27. The number of carbonyl (C=O) groups excluding carboxylic acids is 1. The number of hydrogen-bond acceptors (Lipinski definition) is 8. The molecule has 0 radical (unpaired) electrons. The molecule has 4 aromatic rings. The van der Waals surface area contributed by atoms with Crippen molar-refractivity contribution in [1.29, 1.82) is 0 Å². The Hall–Kier alpha value is -4.24. The first-order valence-electron chi connectivity index (χ1n) is 14.7. The molecule has 5 rings (SSSR count). The van der Waals surface area contributed by atoms with Crippen molar-refractivity contribution in [2.75, 3.05) is 36.6 Å². The molecule has 47 heavy (non-hydrogen) atoms. The summed E-state index contributed by atoms with van der Waals surface area (Å²) in [6.45, 7) is 5.23. The minimum atomic E-state index is -1.67. The number of anilines is 2. The molecule has 4 N–H and O–H groups in total. The zero-order chi connectivity index (χ0) is 34.0. The van der Waals surface area contributed by atoms with Crippen molar-refractivity contribution in [2.45, 2.75) is 38.5 Å². The second kappa shape index (κ2) is 14.3. The number of nitrogens with one attached hydrogen (secondary N) is 2. The van der Waals surface area contributed by atoms with E-state index in [1.54, 1.807) is 25.2 Å². The van der Waals surface area contributed by atoms with Crippen molar-refractivity contribution < 1.29 is 22.9 Å². The van der Waals surface area contributed by atoms with Gasteiger partial charge < -0.3 is 30.6 Å². The first kappa shape index (κ1) is 34.1.